The quantitative estimate of drug-likeness (QED) is 0.606. The number of rotatable bonds is 4. The Morgan fingerprint density at radius 3 is 2.17 bits per heavy atom. The van der Waals surface area contributed by atoms with E-state index in [2.05, 4.69) is 39.9 Å². The molecule has 0 saturated carbocycles. The van der Waals surface area contributed by atoms with E-state index in [1.807, 2.05) is 12.1 Å². The Bertz CT molecular complexity index is 870. The molecule has 0 N–H and O–H groups in total. The molecular weight excluding hydrogens is 396 g/mol. The third-order valence-electron chi connectivity index (χ3n) is 5.47. The molecule has 2 atom stereocenters. The van der Waals surface area contributed by atoms with Crippen molar-refractivity contribution < 1.29 is 18.8 Å². The van der Waals surface area contributed by atoms with Crippen LogP contribution in [0, 0.1) is 11.3 Å². The fourth-order valence-corrected chi connectivity index (χ4v) is 4.09. The second-order valence-electron chi connectivity index (χ2n) is 10.1. The fraction of sp³-hybridized carbons (Fsp3) is 0.522. The number of ether oxygens (including phenoxy) is 1. The smallest absolute Gasteiger partial charge is 0.417 e. The van der Waals surface area contributed by atoms with E-state index in [0.29, 0.717) is 5.56 Å². The maximum absolute atomic E-state index is 12.8. The van der Waals surface area contributed by atoms with E-state index in [4.69, 9.17) is 14.4 Å². The topological polar surface area (TPSA) is 79.6 Å². The lowest BCUT2D eigenvalue weighted by molar-refractivity contribution is -0.126. The molecule has 0 unspecified atom stereocenters. The molecule has 0 spiro atoms. The molecule has 0 fully saturated rings. The summed E-state index contributed by atoms with van der Waals surface area (Å²) in [6.45, 7) is 15.9. The molecule has 1 aliphatic rings. The Balaban J connectivity index is 2.49. The first kappa shape index (κ1) is 23.8. The number of benzene rings is 1. The summed E-state index contributed by atoms with van der Waals surface area (Å²) in [5, 5.41) is 9.06. The van der Waals surface area contributed by atoms with Crippen molar-refractivity contribution in [1.82, 2.24) is 4.90 Å². The Kier molecular flexibility index (Phi) is 6.65. The van der Waals surface area contributed by atoms with Crippen LogP contribution in [0.3, 0.4) is 0 Å². The van der Waals surface area contributed by atoms with E-state index < -0.39 is 38.1 Å². The minimum atomic E-state index is -2.26. The standard InChI is InChI=1S/C23H32N2O4Si/c1-22(2,3)28-21(27)25-18(13-14-19(25)26)20(29-30(7,8)23(4,5)6)17-11-9-16(15-24)10-12-17/h9-14,18,20H,1-8H3/t18-,20-/m0/s1. The molecule has 162 valence electrons. The zero-order valence-electron chi connectivity index (χ0n) is 19.1. The van der Waals surface area contributed by atoms with E-state index >= 15 is 0 Å². The molecule has 1 aromatic rings. The predicted molar refractivity (Wildman–Crippen MR) is 118 cm³/mol. The molecule has 1 aliphatic heterocycles. The number of nitriles is 1. The van der Waals surface area contributed by atoms with Gasteiger partial charge in [0, 0.05) is 6.08 Å². The number of hydrogen-bond acceptors (Lipinski definition) is 5. The van der Waals surface area contributed by atoms with Gasteiger partial charge in [-0.2, -0.15) is 5.26 Å². The van der Waals surface area contributed by atoms with Crippen LogP contribution >= 0.6 is 0 Å². The third-order valence-corrected chi connectivity index (χ3v) is 9.92. The van der Waals surface area contributed by atoms with Crippen LogP contribution < -0.4 is 0 Å². The zero-order valence-corrected chi connectivity index (χ0v) is 20.1. The Labute approximate surface area is 180 Å². The first-order valence-corrected chi connectivity index (χ1v) is 13.0. The second kappa shape index (κ2) is 8.36. The SMILES string of the molecule is CC(C)(C)OC(=O)N1C(=O)C=C[C@H]1[C@@H](O[Si](C)(C)C(C)(C)C)c1ccc(C#N)cc1. The van der Waals surface area contributed by atoms with Gasteiger partial charge >= 0.3 is 6.09 Å². The van der Waals surface area contributed by atoms with Crippen LogP contribution in [-0.2, 0) is 14.0 Å². The van der Waals surface area contributed by atoms with Crippen LogP contribution in [-0.4, -0.2) is 36.9 Å². The normalized spacial score (nSPS) is 18.3. The van der Waals surface area contributed by atoms with E-state index in [0.717, 1.165) is 10.5 Å². The predicted octanol–water partition coefficient (Wildman–Crippen LogP) is 5.32. The summed E-state index contributed by atoms with van der Waals surface area (Å²) in [4.78, 5) is 26.5. The summed E-state index contributed by atoms with van der Waals surface area (Å²) < 4.78 is 12.2. The highest BCUT2D eigenvalue weighted by Crippen LogP contribution is 2.42. The highest BCUT2D eigenvalue weighted by molar-refractivity contribution is 6.74. The van der Waals surface area contributed by atoms with E-state index in [1.54, 1.807) is 39.0 Å². The highest BCUT2D eigenvalue weighted by atomic mass is 28.4. The number of carbonyl (C=O) groups is 2. The molecular formula is C23H32N2O4Si. The Hall–Kier alpha value is -2.43. The average molecular weight is 429 g/mol. The minimum absolute atomic E-state index is 0.0685. The van der Waals surface area contributed by atoms with Crippen molar-refractivity contribution in [2.75, 3.05) is 0 Å². The molecule has 0 bridgehead atoms. The molecule has 7 heteroatoms. The fourth-order valence-electron chi connectivity index (χ4n) is 2.83. The van der Waals surface area contributed by atoms with Crippen molar-refractivity contribution in [3.63, 3.8) is 0 Å². The summed E-state index contributed by atoms with van der Waals surface area (Å²) in [7, 11) is -2.26. The van der Waals surface area contributed by atoms with Gasteiger partial charge in [0.2, 0.25) is 0 Å². The van der Waals surface area contributed by atoms with Gasteiger partial charge in [0.15, 0.2) is 8.32 Å². The van der Waals surface area contributed by atoms with Crippen LogP contribution in [0.15, 0.2) is 36.4 Å². The van der Waals surface area contributed by atoms with Crippen LogP contribution in [0.25, 0.3) is 0 Å². The first-order chi connectivity index (χ1) is 13.7. The van der Waals surface area contributed by atoms with Gasteiger partial charge in [-0.05, 0) is 56.6 Å². The lowest BCUT2D eigenvalue weighted by atomic mass is 10.0. The van der Waals surface area contributed by atoms with Gasteiger partial charge in [0.25, 0.3) is 5.91 Å². The number of nitrogens with zero attached hydrogens (tertiary/aromatic N) is 2. The third kappa shape index (κ3) is 5.38. The van der Waals surface area contributed by atoms with Crippen molar-refractivity contribution in [2.24, 2.45) is 0 Å². The number of carbonyl (C=O) groups excluding carboxylic acids is 2. The Morgan fingerprint density at radius 2 is 1.70 bits per heavy atom. The van der Waals surface area contributed by atoms with Gasteiger partial charge in [-0.1, -0.05) is 39.0 Å². The lowest BCUT2D eigenvalue weighted by Gasteiger charge is -2.42. The summed E-state index contributed by atoms with van der Waals surface area (Å²) in [5.41, 5.74) is 0.609. The van der Waals surface area contributed by atoms with Crippen molar-refractivity contribution >= 4 is 20.3 Å². The molecule has 30 heavy (non-hydrogen) atoms. The van der Waals surface area contributed by atoms with E-state index in [9.17, 15) is 9.59 Å². The monoisotopic (exact) mass is 428 g/mol. The average Bonchev–Trinajstić information content (AvgIpc) is 2.99. The Morgan fingerprint density at radius 1 is 1.13 bits per heavy atom. The zero-order chi connectivity index (χ0) is 22.9. The van der Waals surface area contributed by atoms with E-state index in [-0.39, 0.29) is 5.04 Å². The van der Waals surface area contributed by atoms with Gasteiger partial charge in [-0.25, -0.2) is 9.69 Å². The van der Waals surface area contributed by atoms with Gasteiger partial charge < -0.3 is 9.16 Å². The van der Waals surface area contributed by atoms with Crippen LogP contribution in [0.5, 0.6) is 0 Å². The van der Waals surface area contributed by atoms with Crippen molar-refractivity contribution in [3.8, 4) is 6.07 Å². The highest BCUT2D eigenvalue weighted by Gasteiger charge is 2.45. The number of imide groups is 1. The maximum Gasteiger partial charge on any atom is 0.417 e. The summed E-state index contributed by atoms with van der Waals surface area (Å²) in [5.74, 6) is -0.424. The number of hydrogen-bond donors (Lipinski definition) is 0. The number of amides is 2. The molecule has 0 saturated heterocycles. The molecule has 2 rings (SSSR count). The summed E-state index contributed by atoms with van der Waals surface area (Å²) >= 11 is 0. The van der Waals surface area contributed by atoms with Crippen LogP contribution in [0.4, 0.5) is 4.79 Å². The van der Waals surface area contributed by atoms with Gasteiger partial charge in [0.05, 0.1) is 23.8 Å². The molecule has 6 nitrogen and oxygen atoms in total. The molecule has 1 aromatic carbocycles. The van der Waals surface area contributed by atoms with Gasteiger partial charge in [-0.15, -0.1) is 0 Å². The minimum Gasteiger partial charge on any atom is -0.443 e. The van der Waals surface area contributed by atoms with Gasteiger partial charge in [0.1, 0.15) is 5.60 Å². The maximum atomic E-state index is 12.8. The van der Waals surface area contributed by atoms with Gasteiger partial charge in [-0.3, -0.25) is 4.79 Å². The summed E-state index contributed by atoms with van der Waals surface area (Å²) in [6.07, 6.45) is 1.83. The lowest BCUT2D eigenvalue weighted by Crippen LogP contribution is -2.49. The summed E-state index contributed by atoms with van der Waals surface area (Å²) in [6, 6.07) is 8.56. The van der Waals surface area contributed by atoms with Crippen molar-refractivity contribution in [2.45, 2.75) is 77.4 Å². The molecule has 0 aromatic heterocycles. The van der Waals surface area contributed by atoms with Crippen molar-refractivity contribution in [1.29, 1.82) is 5.26 Å². The van der Waals surface area contributed by atoms with Crippen LogP contribution in [0.1, 0.15) is 58.8 Å². The molecule has 2 amide bonds. The largest absolute Gasteiger partial charge is 0.443 e. The second-order valence-corrected chi connectivity index (χ2v) is 14.8. The van der Waals surface area contributed by atoms with E-state index in [1.165, 1.54) is 6.08 Å². The molecule has 0 radical (unpaired) electrons. The molecule has 0 aliphatic carbocycles. The molecule has 1 heterocycles. The van der Waals surface area contributed by atoms with Crippen molar-refractivity contribution in [3.05, 3.63) is 47.5 Å². The first-order valence-electron chi connectivity index (χ1n) is 10.1. The van der Waals surface area contributed by atoms with Crippen LogP contribution in [0.2, 0.25) is 18.1 Å².